The second-order valence-corrected chi connectivity index (χ2v) is 9.84. The van der Waals surface area contributed by atoms with E-state index in [1.54, 1.807) is 24.4 Å². The number of carbonyl (C=O) groups excluding carboxylic acids is 1. The molecular formula is C19H25N3O4S2. The zero-order chi connectivity index (χ0) is 20.3. The second-order valence-electron chi connectivity index (χ2n) is 7.25. The van der Waals surface area contributed by atoms with Crippen LogP contribution in [0.15, 0.2) is 35.4 Å². The highest BCUT2D eigenvalue weighted by molar-refractivity contribution is 7.89. The Morgan fingerprint density at radius 3 is 2.57 bits per heavy atom. The molecule has 7 nitrogen and oxygen atoms in total. The van der Waals surface area contributed by atoms with Gasteiger partial charge in [0.2, 0.25) is 10.0 Å². The van der Waals surface area contributed by atoms with Crippen molar-refractivity contribution in [1.29, 1.82) is 0 Å². The summed E-state index contributed by atoms with van der Waals surface area (Å²) in [6.07, 6.45) is 4.77. The molecule has 1 aromatic heterocycles. The predicted octanol–water partition coefficient (Wildman–Crippen LogP) is 3.62. The van der Waals surface area contributed by atoms with E-state index < -0.39 is 10.0 Å². The van der Waals surface area contributed by atoms with E-state index in [2.05, 4.69) is 10.3 Å². The number of hydrogen-bond donors (Lipinski definition) is 2. The summed E-state index contributed by atoms with van der Waals surface area (Å²) in [7, 11) is -3.80. The third kappa shape index (κ3) is 5.09. The molecule has 0 atom stereocenters. The first kappa shape index (κ1) is 20.8. The van der Waals surface area contributed by atoms with Crippen molar-refractivity contribution in [3.05, 3.63) is 35.5 Å². The maximum absolute atomic E-state index is 11.8. The van der Waals surface area contributed by atoms with Gasteiger partial charge in [-0.15, -0.1) is 11.3 Å². The monoisotopic (exact) mass is 423 g/mol. The molecule has 3 rings (SSSR count). The van der Waals surface area contributed by atoms with Crippen LogP contribution in [0.5, 0.6) is 0 Å². The van der Waals surface area contributed by atoms with Crippen LogP contribution >= 0.6 is 11.3 Å². The van der Waals surface area contributed by atoms with E-state index in [1.807, 2.05) is 13.8 Å². The molecule has 0 aliphatic heterocycles. The molecule has 0 spiro atoms. The van der Waals surface area contributed by atoms with Crippen LogP contribution in [0.4, 0.5) is 4.79 Å². The molecule has 1 aliphatic carbocycles. The van der Waals surface area contributed by atoms with Crippen LogP contribution in [0.1, 0.15) is 50.5 Å². The van der Waals surface area contributed by atoms with Gasteiger partial charge in [-0.2, -0.15) is 0 Å². The van der Waals surface area contributed by atoms with Crippen molar-refractivity contribution in [1.82, 2.24) is 10.3 Å². The number of aromatic nitrogens is 1. The zero-order valence-corrected chi connectivity index (χ0v) is 17.6. The van der Waals surface area contributed by atoms with Gasteiger partial charge in [0.1, 0.15) is 0 Å². The molecular weight excluding hydrogens is 398 g/mol. The number of nitrogens with zero attached hydrogens (tertiary/aromatic N) is 1. The number of hydrogen-bond acceptors (Lipinski definition) is 6. The number of nitrogens with two attached hydrogens (primary N) is 1. The van der Waals surface area contributed by atoms with Crippen molar-refractivity contribution < 1.29 is 17.9 Å². The zero-order valence-electron chi connectivity index (χ0n) is 15.9. The largest absolute Gasteiger partial charge is 0.447 e. The van der Waals surface area contributed by atoms with Gasteiger partial charge < -0.3 is 10.1 Å². The number of ether oxygens (including phenoxy) is 1. The second kappa shape index (κ2) is 8.59. The van der Waals surface area contributed by atoms with E-state index in [9.17, 15) is 13.2 Å². The Morgan fingerprint density at radius 1 is 1.25 bits per heavy atom. The molecule has 28 heavy (non-hydrogen) atoms. The van der Waals surface area contributed by atoms with Gasteiger partial charge in [0.05, 0.1) is 20.9 Å². The Hall–Kier alpha value is -1.97. The van der Waals surface area contributed by atoms with Gasteiger partial charge in [0.25, 0.3) is 0 Å². The number of carbonyl (C=O) groups is 1. The highest BCUT2D eigenvalue weighted by Gasteiger charge is 2.26. The molecule has 0 saturated heterocycles. The summed E-state index contributed by atoms with van der Waals surface area (Å²) in [5.74, 6) is 0.305. The quantitative estimate of drug-likeness (QED) is 0.763. The number of amides is 1. The third-order valence-corrected chi connectivity index (χ3v) is 6.89. The predicted molar refractivity (Wildman–Crippen MR) is 109 cm³/mol. The number of primary sulfonamides is 1. The van der Waals surface area contributed by atoms with Crippen molar-refractivity contribution in [2.45, 2.75) is 62.5 Å². The van der Waals surface area contributed by atoms with Crippen molar-refractivity contribution in [2.75, 3.05) is 0 Å². The van der Waals surface area contributed by atoms with Crippen LogP contribution in [0.2, 0.25) is 0 Å². The van der Waals surface area contributed by atoms with Crippen LogP contribution in [0, 0.1) is 0 Å². The van der Waals surface area contributed by atoms with E-state index in [4.69, 9.17) is 9.88 Å². The Kier molecular flexibility index (Phi) is 6.36. The number of rotatable bonds is 5. The highest BCUT2D eigenvalue weighted by atomic mass is 32.2. The van der Waals surface area contributed by atoms with E-state index in [0.29, 0.717) is 11.5 Å². The fourth-order valence-electron chi connectivity index (χ4n) is 3.42. The maximum atomic E-state index is 11.8. The molecule has 152 valence electrons. The molecule has 3 N–H and O–H groups in total. The summed E-state index contributed by atoms with van der Waals surface area (Å²) in [4.78, 5) is 17.2. The normalized spacial score (nSPS) is 20.1. The minimum Gasteiger partial charge on any atom is -0.447 e. The van der Waals surface area contributed by atoms with Gasteiger partial charge in [0, 0.05) is 23.7 Å². The summed E-state index contributed by atoms with van der Waals surface area (Å²) >= 11 is 1.50. The van der Waals surface area contributed by atoms with Crippen LogP contribution in [0.3, 0.4) is 0 Å². The topological polar surface area (TPSA) is 111 Å². The van der Waals surface area contributed by atoms with Crippen molar-refractivity contribution in [3.63, 3.8) is 0 Å². The number of thiazole rings is 1. The SMILES string of the molecule is CC(C)OC(=O)NC1CCC(c2ncc(-c3ccccc3S(N)(=O)=O)s2)CC1. The van der Waals surface area contributed by atoms with E-state index in [1.165, 1.54) is 17.4 Å². The van der Waals surface area contributed by atoms with Gasteiger partial charge in [0.15, 0.2) is 0 Å². The van der Waals surface area contributed by atoms with E-state index in [-0.39, 0.29) is 23.1 Å². The van der Waals surface area contributed by atoms with Crippen LogP contribution in [-0.2, 0) is 14.8 Å². The van der Waals surface area contributed by atoms with Gasteiger partial charge in [-0.25, -0.2) is 23.3 Å². The molecule has 1 saturated carbocycles. The Labute approximate surface area is 169 Å². The molecule has 0 bridgehead atoms. The Morgan fingerprint density at radius 2 is 1.93 bits per heavy atom. The Bertz CT molecular complexity index is 932. The molecule has 1 amide bonds. The summed E-state index contributed by atoms with van der Waals surface area (Å²) in [6, 6.07) is 6.82. The third-order valence-electron chi connectivity index (χ3n) is 4.72. The number of sulfonamides is 1. The first-order valence-electron chi connectivity index (χ1n) is 9.29. The minimum absolute atomic E-state index is 0.113. The average Bonchev–Trinajstić information content (AvgIpc) is 3.11. The number of alkyl carbamates (subject to hydrolysis) is 1. The smallest absolute Gasteiger partial charge is 0.407 e. The molecule has 0 unspecified atom stereocenters. The van der Waals surface area contributed by atoms with Crippen molar-refractivity contribution in [2.24, 2.45) is 5.14 Å². The minimum atomic E-state index is -3.80. The average molecular weight is 424 g/mol. The number of nitrogens with one attached hydrogen (secondary N) is 1. The van der Waals surface area contributed by atoms with E-state index in [0.717, 1.165) is 35.6 Å². The summed E-state index contributed by atoms with van der Waals surface area (Å²) < 4.78 is 28.8. The molecule has 1 heterocycles. The molecule has 1 aromatic carbocycles. The first-order valence-corrected chi connectivity index (χ1v) is 11.7. The lowest BCUT2D eigenvalue weighted by atomic mass is 9.86. The standard InChI is InChI=1S/C19H25N3O4S2/c1-12(2)26-19(23)22-14-9-7-13(8-10-14)18-21-11-16(27-18)15-5-3-4-6-17(15)28(20,24)25/h3-6,11-14H,7-10H2,1-2H3,(H,22,23)(H2,20,24,25). The summed E-state index contributed by atoms with van der Waals surface area (Å²) in [5.41, 5.74) is 0.584. The fraction of sp³-hybridized carbons (Fsp3) is 0.474. The van der Waals surface area contributed by atoms with Gasteiger partial charge >= 0.3 is 6.09 Å². The summed E-state index contributed by atoms with van der Waals surface area (Å²) in [5, 5.41) is 9.25. The lowest BCUT2D eigenvalue weighted by Crippen LogP contribution is -2.38. The molecule has 1 aliphatic rings. The molecule has 0 radical (unpaired) electrons. The molecule has 1 fully saturated rings. The molecule has 9 heteroatoms. The lowest BCUT2D eigenvalue weighted by Gasteiger charge is -2.28. The van der Waals surface area contributed by atoms with Crippen molar-refractivity contribution >= 4 is 27.5 Å². The van der Waals surface area contributed by atoms with Gasteiger partial charge in [-0.3, -0.25) is 0 Å². The lowest BCUT2D eigenvalue weighted by molar-refractivity contribution is 0.109. The van der Waals surface area contributed by atoms with Crippen LogP contribution < -0.4 is 10.5 Å². The van der Waals surface area contributed by atoms with Gasteiger partial charge in [-0.05, 0) is 45.6 Å². The fourth-order valence-corrected chi connectivity index (χ4v) is 5.36. The van der Waals surface area contributed by atoms with Gasteiger partial charge in [-0.1, -0.05) is 18.2 Å². The highest BCUT2D eigenvalue weighted by Crippen LogP contribution is 2.39. The van der Waals surface area contributed by atoms with E-state index >= 15 is 0 Å². The van der Waals surface area contributed by atoms with Crippen LogP contribution in [-0.4, -0.2) is 31.6 Å². The summed E-state index contributed by atoms with van der Waals surface area (Å²) in [6.45, 7) is 3.65. The maximum Gasteiger partial charge on any atom is 0.407 e. The van der Waals surface area contributed by atoms with Crippen molar-refractivity contribution in [3.8, 4) is 10.4 Å². The Balaban J connectivity index is 1.66. The number of benzene rings is 1. The molecule has 2 aromatic rings. The first-order chi connectivity index (χ1) is 13.2. The van der Waals surface area contributed by atoms with Crippen LogP contribution in [0.25, 0.3) is 10.4 Å².